The van der Waals surface area contributed by atoms with E-state index in [-0.39, 0.29) is 11.8 Å². The number of carbonyl (C=O) groups is 2. The Morgan fingerprint density at radius 1 is 1.08 bits per heavy atom. The summed E-state index contributed by atoms with van der Waals surface area (Å²) in [6.45, 7) is 1.03. The molecule has 2 amide bonds. The summed E-state index contributed by atoms with van der Waals surface area (Å²) in [6, 6.07) is 7.48. The van der Waals surface area contributed by atoms with Crippen LogP contribution in [-0.2, 0) is 20.7 Å². The fourth-order valence-electron chi connectivity index (χ4n) is 3.28. The molecule has 5 heteroatoms. The van der Waals surface area contributed by atoms with E-state index in [1.54, 1.807) is 7.11 Å². The Balaban J connectivity index is 1.69. The molecule has 1 aliphatic carbocycles. The first kappa shape index (κ1) is 19.4. The minimum atomic E-state index is -0.0266. The molecule has 0 atom stereocenters. The van der Waals surface area contributed by atoms with Crippen molar-refractivity contribution in [3.8, 4) is 0 Å². The molecule has 0 heterocycles. The van der Waals surface area contributed by atoms with Gasteiger partial charge in [-0.1, -0.05) is 44.2 Å². The molecule has 0 unspecified atom stereocenters. The van der Waals surface area contributed by atoms with E-state index >= 15 is 0 Å². The first-order chi connectivity index (χ1) is 12.2. The molecule has 1 aromatic carbocycles. The van der Waals surface area contributed by atoms with Crippen LogP contribution in [0.15, 0.2) is 24.3 Å². The number of amides is 2. The van der Waals surface area contributed by atoms with E-state index in [1.807, 2.05) is 24.3 Å². The Labute approximate surface area is 150 Å². The van der Waals surface area contributed by atoms with Gasteiger partial charge in [-0.3, -0.25) is 9.59 Å². The number of anilines is 1. The molecule has 0 radical (unpaired) electrons. The third-order valence-electron chi connectivity index (χ3n) is 4.74. The summed E-state index contributed by atoms with van der Waals surface area (Å²) in [7, 11) is 1.61. The number of rotatable bonds is 9. The topological polar surface area (TPSA) is 67.4 Å². The molecule has 2 N–H and O–H groups in total. The van der Waals surface area contributed by atoms with E-state index in [4.69, 9.17) is 4.74 Å². The molecule has 1 aromatic rings. The van der Waals surface area contributed by atoms with Crippen molar-refractivity contribution in [2.75, 3.05) is 25.6 Å². The molecule has 0 saturated heterocycles. The highest BCUT2D eigenvalue weighted by molar-refractivity contribution is 5.90. The summed E-state index contributed by atoms with van der Waals surface area (Å²) in [5.74, 6) is 0.774. The summed E-state index contributed by atoms with van der Waals surface area (Å²) < 4.78 is 4.90. The number of carbonyl (C=O) groups excluding carboxylic acids is 2. The molecule has 138 valence electrons. The molecule has 0 bridgehead atoms. The number of hydrogen-bond donors (Lipinski definition) is 2. The lowest BCUT2D eigenvalue weighted by Gasteiger charge is -2.21. The predicted molar refractivity (Wildman–Crippen MR) is 99.5 cm³/mol. The van der Waals surface area contributed by atoms with E-state index in [0.717, 1.165) is 23.6 Å². The van der Waals surface area contributed by atoms with E-state index in [0.29, 0.717) is 26.0 Å². The molecular formula is C20H30N2O3. The number of ether oxygens (including phenoxy) is 1. The van der Waals surface area contributed by atoms with Crippen molar-refractivity contribution in [1.29, 1.82) is 0 Å². The second kappa shape index (κ2) is 10.9. The third-order valence-corrected chi connectivity index (χ3v) is 4.74. The molecule has 1 fully saturated rings. The zero-order valence-corrected chi connectivity index (χ0v) is 15.2. The minimum Gasteiger partial charge on any atom is -0.383 e. The normalized spacial score (nSPS) is 14.9. The molecular weight excluding hydrogens is 316 g/mol. The van der Waals surface area contributed by atoms with Crippen molar-refractivity contribution in [2.45, 2.75) is 51.4 Å². The SMILES string of the molecule is COCCNC(=O)Cc1ccc(NC(=O)CCC2CCCCC2)cc1. The van der Waals surface area contributed by atoms with E-state index in [2.05, 4.69) is 10.6 Å². The van der Waals surface area contributed by atoms with Crippen LogP contribution in [0.5, 0.6) is 0 Å². The van der Waals surface area contributed by atoms with Crippen LogP contribution in [-0.4, -0.2) is 32.1 Å². The highest BCUT2D eigenvalue weighted by Crippen LogP contribution is 2.27. The van der Waals surface area contributed by atoms with Gasteiger partial charge in [0.05, 0.1) is 13.0 Å². The fourth-order valence-corrected chi connectivity index (χ4v) is 3.28. The van der Waals surface area contributed by atoms with Crippen LogP contribution in [0.4, 0.5) is 5.69 Å². The second-order valence-corrected chi connectivity index (χ2v) is 6.81. The zero-order chi connectivity index (χ0) is 17.9. The lowest BCUT2D eigenvalue weighted by atomic mass is 9.86. The molecule has 2 rings (SSSR count). The van der Waals surface area contributed by atoms with Gasteiger partial charge in [-0.05, 0) is 30.0 Å². The van der Waals surface area contributed by atoms with Gasteiger partial charge < -0.3 is 15.4 Å². The maximum absolute atomic E-state index is 12.1. The summed E-state index contributed by atoms with van der Waals surface area (Å²) in [4.78, 5) is 23.8. The highest BCUT2D eigenvalue weighted by atomic mass is 16.5. The van der Waals surface area contributed by atoms with Gasteiger partial charge in [-0.15, -0.1) is 0 Å². The summed E-state index contributed by atoms with van der Waals surface area (Å²) in [6.07, 6.45) is 8.43. The van der Waals surface area contributed by atoms with Crippen LogP contribution in [0.3, 0.4) is 0 Å². The van der Waals surface area contributed by atoms with Gasteiger partial charge in [0, 0.05) is 25.8 Å². The Morgan fingerprint density at radius 2 is 1.80 bits per heavy atom. The second-order valence-electron chi connectivity index (χ2n) is 6.81. The van der Waals surface area contributed by atoms with Gasteiger partial charge in [0.1, 0.15) is 0 Å². The average molecular weight is 346 g/mol. The molecule has 1 aliphatic rings. The Morgan fingerprint density at radius 3 is 2.48 bits per heavy atom. The number of hydrogen-bond acceptors (Lipinski definition) is 3. The third kappa shape index (κ3) is 7.69. The van der Waals surface area contributed by atoms with Gasteiger partial charge in [-0.25, -0.2) is 0 Å². The van der Waals surface area contributed by atoms with E-state index < -0.39 is 0 Å². The first-order valence-electron chi connectivity index (χ1n) is 9.32. The lowest BCUT2D eigenvalue weighted by Crippen LogP contribution is -2.28. The number of methoxy groups -OCH3 is 1. The summed E-state index contributed by atoms with van der Waals surface area (Å²) in [5.41, 5.74) is 1.72. The quantitative estimate of drug-likeness (QED) is 0.674. The van der Waals surface area contributed by atoms with Gasteiger partial charge in [0.15, 0.2) is 0 Å². The Bertz CT molecular complexity index is 536. The zero-order valence-electron chi connectivity index (χ0n) is 15.2. The Hall–Kier alpha value is -1.88. The van der Waals surface area contributed by atoms with Crippen molar-refractivity contribution in [3.63, 3.8) is 0 Å². The Kier molecular flexibility index (Phi) is 8.46. The smallest absolute Gasteiger partial charge is 0.224 e. The molecule has 25 heavy (non-hydrogen) atoms. The molecule has 0 aliphatic heterocycles. The average Bonchev–Trinajstić information content (AvgIpc) is 2.63. The monoisotopic (exact) mass is 346 g/mol. The standard InChI is InChI=1S/C20H30N2O3/c1-25-14-13-21-20(24)15-17-7-10-18(11-8-17)22-19(23)12-9-16-5-3-2-4-6-16/h7-8,10-11,16H,2-6,9,12-15H2,1H3,(H,21,24)(H,22,23). The molecule has 1 saturated carbocycles. The van der Waals surface area contributed by atoms with Crippen molar-refractivity contribution >= 4 is 17.5 Å². The van der Waals surface area contributed by atoms with Crippen LogP contribution < -0.4 is 10.6 Å². The molecule has 5 nitrogen and oxygen atoms in total. The fraction of sp³-hybridized carbons (Fsp3) is 0.600. The van der Waals surface area contributed by atoms with Gasteiger partial charge in [0.25, 0.3) is 0 Å². The van der Waals surface area contributed by atoms with Crippen LogP contribution in [0.25, 0.3) is 0 Å². The van der Waals surface area contributed by atoms with Crippen LogP contribution in [0.2, 0.25) is 0 Å². The number of benzene rings is 1. The summed E-state index contributed by atoms with van der Waals surface area (Å²) in [5, 5.41) is 5.74. The van der Waals surface area contributed by atoms with Gasteiger partial charge >= 0.3 is 0 Å². The minimum absolute atomic E-state index is 0.0266. The van der Waals surface area contributed by atoms with Crippen LogP contribution >= 0.6 is 0 Å². The number of nitrogens with one attached hydrogen (secondary N) is 2. The maximum Gasteiger partial charge on any atom is 0.224 e. The molecule has 0 spiro atoms. The van der Waals surface area contributed by atoms with E-state index in [9.17, 15) is 9.59 Å². The van der Waals surface area contributed by atoms with Crippen molar-refractivity contribution in [2.24, 2.45) is 5.92 Å². The van der Waals surface area contributed by atoms with Gasteiger partial charge in [-0.2, -0.15) is 0 Å². The summed E-state index contributed by atoms with van der Waals surface area (Å²) >= 11 is 0. The van der Waals surface area contributed by atoms with Crippen molar-refractivity contribution < 1.29 is 14.3 Å². The van der Waals surface area contributed by atoms with Crippen LogP contribution in [0, 0.1) is 5.92 Å². The highest BCUT2D eigenvalue weighted by Gasteiger charge is 2.14. The largest absolute Gasteiger partial charge is 0.383 e. The first-order valence-corrected chi connectivity index (χ1v) is 9.32. The lowest BCUT2D eigenvalue weighted by molar-refractivity contribution is -0.120. The predicted octanol–water partition coefficient (Wildman–Crippen LogP) is 3.29. The van der Waals surface area contributed by atoms with Crippen molar-refractivity contribution in [1.82, 2.24) is 5.32 Å². The van der Waals surface area contributed by atoms with Crippen molar-refractivity contribution in [3.05, 3.63) is 29.8 Å². The van der Waals surface area contributed by atoms with E-state index in [1.165, 1.54) is 32.1 Å². The van der Waals surface area contributed by atoms with Gasteiger partial charge in [0.2, 0.25) is 11.8 Å². The maximum atomic E-state index is 12.1. The molecule has 0 aromatic heterocycles. The van der Waals surface area contributed by atoms with Crippen LogP contribution in [0.1, 0.15) is 50.5 Å².